The third-order valence-corrected chi connectivity index (χ3v) is 4.39. The maximum Gasteiger partial charge on any atom is 0.257 e. The van der Waals surface area contributed by atoms with Crippen LogP contribution in [-0.4, -0.2) is 38.8 Å². The number of fused-ring (bicyclic) bond motifs is 1. The molecule has 3 heterocycles. The minimum absolute atomic E-state index is 0. The minimum Gasteiger partial charge on any atom is -0.462 e. The van der Waals surface area contributed by atoms with Gasteiger partial charge >= 0.3 is 0 Å². The van der Waals surface area contributed by atoms with Crippen molar-refractivity contribution in [2.75, 3.05) is 13.1 Å². The lowest BCUT2D eigenvalue weighted by Crippen LogP contribution is -2.33. The molecule has 1 N–H and O–H groups in total. The van der Waals surface area contributed by atoms with Gasteiger partial charge in [-0.05, 0) is 30.9 Å². The lowest BCUT2D eigenvalue weighted by molar-refractivity contribution is 0.0750. The smallest absolute Gasteiger partial charge is 0.257 e. The van der Waals surface area contributed by atoms with E-state index >= 15 is 0 Å². The van der Waals surface area contributed by atoms with E-state index in [-0.39, 0.29) is 7.33 Å². The van der Waals surface area contributed by atoms with Gasteiger partial charge in [-0.25, -0.2) is 9.97 Å². The number of furan rings is 1. The van der Waals surface area contributed by atoms with Crippen molar-refractivity contribution >= 4 is 16.9 Å². The number of H-pyrrole nitrogens is 1. The number of nitrogens with one attached hydrogen (secondary N) is 1. The molecular weight excluding hydrogens is 318 g/mol. The van der Waals surface area contributed by atoms with E-state index < -0.39 is 0 Å². The quantitative estimate of drug-likeness (QED) is 0.744. The molecule has 128 valence electrons. The number of nitriles is 1. The molecule has 4 rings (SSSR count). The van der Waals surface area contributed by atoms with Gasteiger partial charge in [0.1, 0.15) is 23.9 Å². The summed E-state index contributed by atoms with van der Waals surface area (Å²) in [6, 6.07) is 5.70. The van der Waals surface area contributed by atoms with Crippen molar-refractivity contribution < 1.29 is 10.6 Å². The molecule has 0 bridgehead atoms. The number of carbonyl (C=O) groups excluding carboxylic acids is 1. The highest BCUT2D eigenvalue weighted by Crippen LogP contribution is 2.31. The third kappa shape index (κ3) is 3.11. The Labute approximate surface area is 145 Å². The van der Waals surface area contributed by atoms with Crippen LogP contribution >= 0.6 is 0 Å². The SMILES string of the molecule is N#CCCN(CC1CC1)C(=O)c1coc(-c2ncnc3[nH]ccc23)c1.[HH]. The van der Waals surface area contributed by atoms with Crippen LogP contribution in [0.2, 0.25) is 0 Å². The summed E-state index contributed by atoms with van der Waals surface area (Å²) >= 11 is 0. The van der Waals surface area contributed by atoms with Crippen molar-refractivity contribution in [3.05, 3.63) is 36.5 Å². The van der Waals surface area contributed by atoms with E-state index in [1.54, 1.807) is 17.2 Å². The van der Waals surface area contributed by atoms with Gasteiger partial charge in [-0.1, -0.05) is 0 Å². The van der Waals surface area contributed by atoms with E-state index in [4.69, 9.17) is 9.68 Å². The number of rotatable bonds is 6. The Morgan fingerprint density at radius 1 is 1.48 bits per heavy atom. The third-order valence-electron chi connectivity index (χ3n) is 4.39. The molecule has 0 aromatic carbocycles. The molecular formula is C18H19N5O2. The first-order chi connectivity index (χ1) is 12.3. The summed E-state index contributed by atoms with van der Waals surface area (Å²) in [4.78, 5) is 26.0. The molecule has 0 atom stereocenters. The number of amides is 1. The average molecular weight is 337 g/mol. The fourth-order valence-electron chi connectivity index (χ4n) is 2.90. The standard InChI is InChI=1S/C18H17N5O2.H2/c19-5-1-7-23(9-12-2-3-12)18(24)13-8-15(25-10-13)16-14-4-6-20-17(14)22-11-21-16;/h4,6,8,10-12H,1-3,7,9H2,(H,20,21,22);1H. The van der Waals surface area contributed by atoms with Gasteiger partial charge in [0.2, 0.25) is 0 Å². The zero-order valence-corrected chi connectivity index (χ0v) is 13.6. The van der Waals surface area contributed by atoms with E-state index in [1.165, 1.54) is 12.6 Å². The molecule has 1 aliphatic rings. The highest BCUT2D eigenvalue weighted by molar-refractivity contribution is 5.96. The van der Waals surface area contributed by atoms with Crippen LogP contribution in [0.4, 0.5) is 0 Å². The van der Waals surface area contributed by atoms with Crippen molar-refractivity contribution in [1.29, 1.82) is 5.26 Å². The molecule has 25 heavy (non-hydrogen) atoms. The van der Waals surface area contributed by atoms with Crippen molar-refractivity contribution in [3.63, 3.8) is 0 Å². The summed E-state index contributed by atoms with van der Waals surface area (Å²) in [5, 5.41) is 9.67. The summed E-state index contributed by atoms with van der Waals surface area (Å²) in [6.07, 6.45) is 7.35. The molecule has 0 radical (unpaired) electrons. The molecule has 0 saturated heterocycles. The fraction of sp³-hybridized carbons (Fsp3) is 0.333. The maximum atomic E-state index is 12.8. The van der Waals surface area contributed by atoms with Crippen LogP contribution in [0.25, 0.3) is 22.5 Å². The predicted molar refractivity (Wildman–Crippen MR) is 92.6 cm³/mol. The molecule has 0 unspecified atom stereocenters. The van der Waals surface area contributed by atoms with Gasteiger partial charge in [0.15, 0.2) is 5.76 Å². The lowest BCUT2D eigenvalue weighted by atomic mass is 10.2. The molecule has 0 spiro atoms. The first kappa shape index (κ1) is 15.4. The van der Waals surface area contributed by atoms with E-state index in [2.05, 4.69) is 21.0 Å². The Balaban J connectivity index is 0.00000196. The first-order valence-electron chi connectivity index (χ1n) is 8.29. The van der Waals surface area contributed by atoms with Crippen LogP contribution in [0.5, 0.6) is 0 Å². The van der Waals surface area contributed by atoms with E-state index in [1.807, 2.05) is 6.07 Å². The minimum atomic E-state index is -0.100. The van der Waals surface area contributed by atoms with Crippen LogP contribution in [0.15, 0.2) is 35.3 Å². The van der Waals surface area contributed by atoms with Gasteiger partial charge in [-0.3, -0.25) is 4.79 Å². The number of carbonyl (C=O) groups is 1. The topological polar surface area (TPSA) is 98.8 Å². The number of aromatic amines is 1. The van der Waals surface area contributed by atoms with Gasteiger partial charge in [-0.2, -0.15) is 5.26 Å². The number of hydrogen-bond donors (Lipinski definition) is 1. The Kier molecular flexibility index (Phi) is 3.94. The Morgan fingerprint density at radius 2 is 2.36 bits per heavy atom. The predicted octanol–water partition coefficient (Wildman–Crippen LogP) is 3.23. The normalized spacial score (nSPS) is 13.7. The zero-order valence-electron chi connectivity index (χ0n) is 13.6. The van der Waals surface area contributed by atoms with Gasteiger partial charge in [0.25, 0.3) is 5.91 Å². The molecule has 1 saturated carbocycles. The molecule has 3 aromatic heterocycles. The van der Waals surface area contributed by atoms with Crippen LogP contribution in [-0.2, 0) is 0 Å². The lowest BCUT2D eigenvalue weighted by Gasteiger charge is -2.20. The highest BCUT2D eigenvalue weighted by atomic mass is 16.3. The molecule has 7 nitrogen and oxygen atoms in total. The average Bonchev–Trinajstić information content (AvgIpc) is 3.12. The maximum absolute atomic E-state index is 12.8. The second-order valence-electron chi connectivity index (χ2n) is 6.26. The summed E-state index contributed by atoms with van der Waals surface area (Å²) < 4.78 is 5.61. The first-order valence-corrected chi connectivity index (χ1v) is 8.29. The van der Waals surface area contributed by atoms with E-state index in [0.29, 0.717) is 42.4 Å². The van der Waals surface area contributed by atoms with Crippen molar-refractivity contribution in [3.8, 4) is 17.5 Å². The van der Waals surface area contributed by atoms with Crippen LogP contribution < -0.4 is 0 Å². The van der Waals surface area contributed by atoms with Gasteiger partial charge in [0, 0.05) is 26.1 Å². The van der Waals surface area contributed by atoms with E-state index in [9.17, 15) is 4.79 Å². The number of nitrogens with zero attached hydrogens (tertiary/aromatic N) is 4. The largest absolute Gasteiger partial charge is 0.462 e. The molecule has 0 aliphatic heterocycles. The fourth-order valence-corrected chi connectivity index (χ4v) is 2.90. The van der Waals surface area contributed by atoms with Crippen LogP contribution in [0, 0.1) is 17.2 Å². The van der Waals surface area contributed by atoms with Gasteiger partial charge in [-0.15, -0.1) is 0 Å². The molecule has 7 heteroatoms. The Bertz CT molecular complexity index is 954. The van der Waals surface area contributed by atoms with Gasteiger partial charge < -0.3 is 14.3 Å². The molecule has 1 aliphatic carbocycles. The Hall–Kier alpha value is -3.14. The summed E-state index contributed by atoms with van der Waals surface area (Å²) in [5.41, 5.74) is 1.85. The zero-order chi connectivity index (χ0) is 17.2. The van der Waals surface area contributed by atoms with Crippen molar-refractivity contribution in [2.24, 2.45) is 5.92 Å². The second-order valence-corrected chi connectivity index (χ2v) is 6.26. The molecule has 1 fully saturated rings. The van der Waals surface area contributed by atoms with Gasteiger partial charge in [0.05, 0.1) is 18.1 Å². The number of aromatic nitrogens is 3. The summed E-state index contributed by atoms with van der Waals surface area (Å²) in [5.74, 6) is 0.994. The van der Waals surface area contributed by atoms with Crippen molar-refractivity contribution in [1.82, 2.24) is 19.9 Å². The highest BCUT2D eigenvalue weighted by Gasteiger charge is 2.28. The summed E-state index contributed by atoms with van der Waals surface area (Å²) in [7, 11) is 0. The monoisotopic (exact) mass is 337 g/mol. The van der Waals surface area contributed by atoms with Crippen molar-refractivity contribution in [2.45, 2.75) is 19.3 Å². The molecule has 1 amide bonds. The van der Waals surface area contributed by atoms with Crippen LogP contribution in [0.1, 0.15) is 31.0 Å². The molecule has 3 aromatic rings. The second kappa shape index (κ2) is 6.40. The summed E-state index contributed by atoms with van der Waals surface area (Å²) in [6.45, 7) is 1.15. The van der Waals surface area contributed by atoms with Crippen LogP contribution in [0.3, 0.4) is 0 Å². The Morgan fingerprint density at radius 3 is 3.16 bits per heavy atom. The number of hydrogen-bond acceptors (Lipinski definition) is 5. The van der Waals surface area contributed by atoms with E-state index in [0.717, 1.165) is 23.9 Å².